The Hall–Kier alpha value is -1.84. The molecule has 4 heteroatoms. The Morgan fingerprint density at radius 2 is 2.07 bits per heavy atom. The molecule has 2 aromatic rings. The van der Waals surface area contributed by atoms with Gasteiger partial charge in [-0.05, 0) is 25.5 Å². The van der Waals surface area contributed by atoms with Gasteiger partial charge in [0.15, 0.2) is 0 Å². The van der Waals surface area contributed by atoms with Crippen LogP contribution < -0.4 is 0 Å². The van der Waals surface area contributed by atoms with Crippen molar-refractivity contribution in [3.63, 3.8) is 0 Å². The molecule has 0 radical (unpaired) electrons. The van der Waals surface area contributed by atoms with Crippen LogP contribution in [0.4, 0.5) is 5.69 Å². The van der Waals surface area contributed by atoms with Crippen molar-refractivity contribution >= 4 is 16.6 Å². The van der Waals surface area contributed by atoms with Crippen molar-refractivity contribution in [3.8, 4) is 0 Å². The van der Waals surface area contributed by atoms with Gasteiger partial charge in [0.05, 0.1) is 21.5 Å². The summed E-state index contributed by atoms with van der Waals surface area (Å²) in [5.41, 5.74) is 2.56. The number of benzene rings is 1. The zero-order valence-corrected chi connectivity index (χ0v) is 8.00. The molecule has 0 fully saturated rings. The fourth-order valence-electron chi connectivity index (χ4n) is 1.76. The molecule has 1 aromatic heterocycles. The summed E-state index contributed by atoms with van der Waals surface area (Å²) in [7, 11) is 0. The number of nitro groups is 1. The fourth-order valence-corrected chi connectivity index (χ4v) is 1.76. The molecule has 0 atom stereocenters. The molecule has 0 saturated carbocycles. The third kappa shape index (κ3) is 1.08. The molecule has 0 amide bonds. The fraction of sp³-hybridized carbons (Fsp3) is 0.200. The lowest BCUT2D eigenvalue weighted by Gasteiger charge is -1.94. The summed E-state index contributed by atoms with van der Waals surface area (Å²) in [5.74, 6) is 0. The Morgan fingerprint density at radius 3 is 2.71 bits per heavy atom. The van der Waals surface area contributed by atoms with E-state index in [4.69, 9.17) is 0 Å². The number of aromatic amines is 1. The van der Waals surface area contributed by atoms with Crippen LogP contribution in [0.15, 0.2) is 18.2 Å². The van der Waals surface area contributed by atoms with Crippen molar-refractivity contribution in [1.82, 2.24) is 4.98 Å². The van der Waals surface area contributed by atoms with E-state index in [1.54, 1.807) is 6.92 Å². The van der Waals surface area contributed by atoms with Crippen molar-refractivity contribution < 1.29 is 4.92 Å². The van der Waals surface area contributed by atoms with Gasteiger partial charge in [-0.25, -0.2) is 0 Å². The Balaban J connectivity index is 2.93. The van der Waals surface area contributed by atoms with Gasteiger partial charge in [-0.15, -0.1) is 0 Å². The number of aryl methyl sites for hydroxylation is 2. The highest BCUT2D eigenvalue weighted by Gasteiger charge is 2.19. The molecule has 0 aliphatic rings. The Labute approximate surface area is 80.7 Å². The van der Waals surface area contributed by atoms with Crippen LogP contribution in [-0.2, 0) is 0 Å². The number of nitrogens with one attached hydrogen (secondary N) is 1. The molecule has 0 bridgehead atoms. The zero-order chi connectivity index (χ0) is 10.3. The van der Waals surface area contributed by atoms with Gasteiger partial charge in [-0.3, -0.25) is 10.1 Å². The van der Waals surface area contributed by atoms with Crippen LogP contribution in [-0.4, -0.2) is 9.91 Å². The minimum absolute atomic E-state index is 0.193. The van der Waals surface area contributed by atoms with Crippen LogP contribution in [0.1, 0.15) is 11.3 Å². The average Bonchev–Trinajstić information content (AvgIpc) is 2.42. The lowest BCUT2D eigenvalue weighted by Crippen LogP contribution is -1.89. The first-order chi connectivity index (χ1) is 6.61. The second kappa shape index (κ2) is 2.83. The predicted octanol–water partition coefficient (Wildman–Crippen LogP) is 2.69. The molecule has 2 rings (SSSR count). The van der Waals surface area contributed by atoms with Crippen molar-refractivity contribution in [2.24, 2.45) is 0 Å². The largest absolute Gasteiger partial charge is 0.353 e. The van der Waals surface area contributed by atoms with Crippen molar-refractivity contribution in [2.45, 2.75) is 13.8 Å². The third-order valence-corrected chi connectivity index (χ3v) is 2.37. The number of nitrogens with zero attached hydrogens (tertiary/aromatic N) is 1. The quantitative estimate of drug-likeness (QED) is 0.555. The topological polar surface area (TPSA) is 58.9 Å². The molecule has 1 heterocycles. The molecule has 0 unspecified atom stereocenters. The van der Waals surface area contributed by atoms with Gasteiger partial charge in [0, 0.05) is 0 Å². The first-order valence-corrected chi connectivity index (χ1v) is 4.33. The highest BCUT2D eigenvalue weighted by atomic mass is 16.6. The van der Waals surface area contributed by atoms with Gasteiger partial charge in [-0.1, -0.05) is 12.1 Å². The van der Waals surface area contributed by atoms with Gasteiger partial charge in [0.25, 0.3) is 5.69 Å². The number of fused-ring (bicyclic) bond motifs is 1. The zero-order valence-electron chi connectivity index (χ0n) is 8.00. The lowest BCUT2D eigenvalue weighted by molar-refractivity contribution is -0.383. The summed E-state index contributed by atoms with van der Waals surface area (Å²) >= 11 is 0. The van der Waals surface area contributed by atoms with Crippen LogP contribution in [0.3, 0.4) is 0 Å². The number of aromatic nitrogens is 1. The Morgan fingerprint density at radius 1 is 1.36 bits per heavy atom. The molecule has 0 aliphatic heterocycles. The third-order valence-electron chi connectivity index (χ3n) is 2.37. The van der Waals surface area contributed by atoms with E-state index in [1.165, 1.54) is 0 Å². The summed E-state index contributed by atoms with van der Waals surface area (Å²) in [4.78, 5) is 13.5. The highest BCUT2D eigenvalue weighted by molar-refractivity contribution is 5.93. The number of rotatable bonds is 1. The van der Waals surface area contributed by atoms with E-state index in [-0.39, 0.29) is 10.6 Å². The molecular formula is C10H10N2O2. The van der Waals surface area contributed by atoms with E-state index in [1.807, 2.05) is 25.1 Å². The summed E-state index contributed by atoms with van der Waals surface area (Å²) in [5, 5.41) is 11.6. The molecule has 0 spiro atoms. The van der Waals surface area contributed by atoms with Crippen LogP contribution in [0.25, 0.3) is 10.9 Å². The normalized spacial score (nSPS) is 10.7. The van der Waals surface area contributed by atoms with Crippen LogP contribution in [0, 0.1) is 24.0 Å². The smallest absolute Gasteiger partial charge is 0.297 e. The summed E-state index contributed by atoms with van der Waals surface area (Å²) in [6.45, 7) is 3.60. The minimum Gasteiger partial charge on any atom is -0.353 e. The molecule has 0 aliphatic carbocycles. The summed E-state index contributed by atoms with van der Waals surface area (Å²) in [6.07, 6.45) is 0. The van der Waals surface area contributed by atoms with Crippen LogP contribution in [0.5, 0.6) is 0 Å². The lowest BCUT2D eigenvalue weighted by atomic mass is 10.1. The monoisotopic (exact) mass is 190 g/mol. The highest BCUT2D eigenvalue weighted by Crippen LogP contribution is 2.31. The first-order valence-electron chi connectivity index (χ1n) is 4.33. The van der Waals surface area contributed by atoms with Crippen LogP contribution in [0.2, 0.25) is 0 Å². The predicted molar refractivity (Wildman–Crippen MR) is 54.4 cm³/mol. The number of hydrogen-bond donors (Lipinski definition) is 1. The van der Waals surface area contributed by atoms with E-state index in [0.717, 1.165) is 16.5 Å². The summed E-state index contributed by atoms with van der Waals surface area (Å²) < 4.78 is 0. The average molecular weight is 190 g/mol. The van der Waals surface area contributed by atoms with Gasteiger partial charge >= 0.3 is 0 Å². The molecule has 72 valence electrons. The molecule has 0 saturated heterocycles. The molecule has 14 heavy (non-hydrogen) atoms. The maximum absolute atomic E-state index is 10.8. The second-order valence-electron chi connectivity index (χ2n) is 3.35. The van der Waals surface area contributed by atoms with Crippen molar-refractivity contribution in [3.05, 3.63) is 39.6 Å². The van der Waals surface area contributed by atoms with Crippen molar-refractivity contribution in [1.29, 1.82) is 0 Å². The molecule has 1 N–H and O–H groups in total. The molecule has 4 nitrogen and oxygen atoms in total. The number of H-pyrrole nitrogens is 1. The van der Waals surface area contributed by atoms with E-state index < -0.39 is 0 Å². The maximum Gasteiger partial charge on any atom is 0.297 e. The Kier molecular flexibility index (Phi) is 1.77. The number of hydrogen-bond acceptors (Lipinski definition) is 2. The van der Waals surface area contributed by atoms with Gasteiger partial charge in [-0.2, -0.15) is 0 Å². The Bertz CT molecular complexity index is 514. The van der Waals surface area contributed by atoms with E-state index in [2.05, 4.69) is 4.98 Å². The van der Waals surface area contributed by atoms with Gasteiger partial charge in [0.1, 0.15) is 0 Å². The van der Waals surface area contributed by atoms with Crippen LogP contribution >= 0.6 is 0 Å². The maximum atomic E-state index is 10.8. The van der Waals surface area contributed by atoms with Crippen molar-refractivity contribution in [2.75, 3.05) is 0 Å². The first kappa shape index (κ1) is 8.74. The summed E-state index contributed by atoms with van der Waals surface area (Å²) in [6, 6.07) is 5.61. The van der Waals surface area contributed by atoms with Gasteiger partial charge in [0.2, 0.25) is 0 Å². The second-order valence-corrected chi connectivity index (χ2v) is 3.35. The van der Waals surface area contributed by atoms with Gasteiger partial charge < -0.3 is 4.98 Å². The standard InChI is InChI=1S/C10H10N2O2/c1-6-4-3-5-8-9(6)10(12(13)14)7(2)11-8/h3-5,11H,1-2H3. The SMILES string of the molecule is Cc1[nH]c2cccc(C)c2c1[N+](=O)[O-]. The minimum atomic E-state index is -0.332. The van der Waals surface area contributed by atoms with E-state index in [0.29, 0.717) is 5.69 Å². The molecule has 1 aromatic carbocycles. The van der Waals surface area contributed by atoms with E-state index in [9.17, 15) is 10.1 Å². The molecular weight excluding hydrogens is 180 g/mol. The van der Waals surface area contributed by atoms with E-state index >= 15 is 0 Å².